The van der Waals surface area contributed by atoms with Crippen LogP contribution >= 0.6 is 11.3 Å². The van der Waals surface area contributed by atoms with E-state index >= 15 is 0 Å². The second-order valence-electron chi connectivity index (χ2n) is 8.30. The number of allylic oxidation sites excluding steroid dienone is 4. The Morgan fingerprint density at radius 2 is 2.18 bits per heavy atom. The van der Waals surface area contributed by atoms with Crippen LogP contribution in [0, 0.1) is 18.3 Å². The molecule has 0 saturated carbocycles. The van der Waals surface area contributed by atoms with E-state index in [-0.39, 0.29) is 0 Å². The van der Waals surface area contributed by atoms with E-state index in [1.807, 2.05) is 18.4 Å². The molecule has 0 spiro atoms. The van der Waals surface area contributed by atoms with Crippen LogP contribution in [0.1, 0.15) is 36.6 Å². The molecule has 2 N–H and O–H groups in total. The molecule has 0 atom stereocenters. The van der Waals surface area contributed by atoms with Crippen molar-refractivity contribution in [3.8, 4) is 6.07 Å². The van der Waals surface area contributed by atoms with E-state index in [2.05, 4.69) is 75.9 Å². The summed E-state index contributed by atoms with van der Waals surface area (Å²) in [4.78, 5) is 14.4. The molecule has 0 amide bonds. The average Bonchev–Trinajstić information content (AvgIpc) is 3.37. The number of guanidine groups is 1. The second kappa shape index (κ2) is 14.4. The summed E-state index contributed by atoms with van der Waals surface area (Å²) < 4.78 is 0. The number of nitriles is 1. The Morgan fingerprint density at radius 3 is 2.85 bits per heavy atom. The molecule has 0 unspecified atom stereocenters. The lowest BCUT2D eigenvalue weighted by Crippen LogP contribution is -2.31. The number of anilines is 1. The molecule has 1 aliphatic heterocycles. The number of nitrogens with zero attached hydrogens (tertiary/aromatic N) is 5. The van der Waals surface area contributed by atoms with E-state index in [1.165, 1.54) is 36.4 Å². The highest BCUT2D eigenvalue weighted by atomic mass is 32.1. The van der Waals surface area contributed by atoms with Crippen LogP contribution in [0.2, 0.25) is 0 Å². The smallest absolute Gasteiger partial charge is 0.197 e. The molecule has 0 aliphatic carbocycles. The predicted octanol–water partition coefficient (Wildman–Crippen LogP) is 4.38. The van der Waals surface area contributed by atoms with Crippen molar-refractivity contribution in [3.63, 3.8) is 0 Å². The van der Waals surface area contributed by atoms with E-state index in [9.17, 15) is 5.26 Å². The van der Waals surface area contributed by atoms with Crippen LogP contribution in [0.25, 0.3) is 0 Å². The van der Waals surface area contributed by atoms with E-state index in [0.717, 1.165) is 42.2 Å². The molecule has 1 fully saturated rings. The monoisotopic (exact) mass is 467 g/mol. The van der Waals surface area contributed by atoms with E-state index < -0.39 is 0 Å². The predicted molar refractivity (Wildman–Crippen MR) is 142 cm³/mol. The number of nitrogens with one attached hydrogen (secondary N) is 2. The van der Waals surface area contributed by atoms with Gasteiger partial charge in [-0.1, -0.05) is 30.4 Å². The third kappa shape index (κ3) is 9.34. The number of hydrogen-bond donors (Lipinski definition) is 2. The molecule has 1 aromatic rings. The van der Waals surface area contributed by atoms with Crippen molar-refractivity contribution >= 4 is 29.7 Å². The first-order chi connectivity index (χ1) is 16.0. The average molecular weight is 468 g/mol. The van der Waals surface area contributed by atoms with Gasteiger partial charge in [0.1, 0.15) is 12.7 Å². The van der Waals surface area contributed by atoms with Gasteiger partial charge in [-0.3, -0.25) is 14.8 Å². The van der Waals surface area contributed by atoms with Crippen molar-refractivity contribution in [2.24, 2.45) is 9.98 Å². The van der Waals surface area contributed by atoms with Crippen molar-refractivity contribution in [2.75, 3.05) is 51.9 Å². The molecular weight excluding hydrogens is 430 g/mol. The number of likely N-dealkylation sites (N-methyl/N-ethyl adjacent to an activating group) is 1. The highest BCUT2D eigenvalue weighted by Crippen LogP contribution is 2.25. The van der Waals surface area contributed by atoms with Crippen LogP contribution in [0.4, 0.5) is 5.69 Å². The minimum Gasteiger partial charge on any atom is -0.337 e. The molecule has 1 saturated heterocycles. The third-order valence-electron chi connectivity index (χ3n) is 5.38. The van der Waals surface area contributed by atoms with Crippen LogP contribution in [-0.2, 0) is 0 Å². The number of unbranched alkanes of at least 4 members (excludes halogenated alkanes) is 1. The van der Waals surface area contributed by atoms with Crippen LogP contribution in [0.3, 0.4) is 0 Å². The molecule has 33 heavy (non-hydrogen) atoms. The zero-order chi connectivity index (χ0) is 24.1. The van der Waals surface area contributed by atoms with Gasteiger partial charge in [0.2, 0.25) is 0 Å². The lowest BCUT2D eigenvalue weighted by Gasteiger charge is -2.15. The Kier molecular flexibility index (Phi) is 11.6. The summed E-state index contributed by atoms with van der Waals surface area (Å²) in [6, 6.07) is 2.25. The zero-order valence-electron chi connectivity index (χ0n) is 20.2. The van der Waals surface area contributed by atoms with Gasteiger partial charge in [0.25, 0.3) is 0 Å². The maximum Gasteiger partial charge on any atom is 0.197 e. The minimum absolute atomic E-state index is 0.341. The Morgan fingerprint density at radius 1 is 1.36 bits per heavy atom. The standard InChI is InChI=1S/C25H37N7S/c1-6-9-22(10-7-8-11-32-13-12-31(5)19-32)14-20(2)16-28-25(29-18-27-4)30-24-17-33-21(3)23(24)15-26/h6,9,14,17H,1,4,7-8,10-13,16,18-19H2,2-3,5H3,(H2,28,29,30)/b20-14+,22-9-. The van der Waals surface area contributed by atoms with E-state index in [4.69, 9.17) is 0 Å². The summed E-state index contributed by atoms with van der Waals surface area (Å²) in [5, 5.41) is 17.7. The molecule has 0 bridgehead atoms. The molecule has 0 radical (unpaired) electrons. The number of rotatable bonds is 12. The van der Waals surface area contributed by atoms with Gasteiger partial charge in [-0.15, -0.1) is 11.3 Å². The van der Waals surface area contributed by atoms with Crippen molar-refractivity contribution in [2.45, 2.75) is 33.1 Å². The molecule has 1 aromatic heterocycles. The van der Waals surface area contributed by atoms with Gasteiger partial charge >= 0.3 is 0 Å². The largest absolute Gasteiger partial charge is 0.337 e. The third-order valence-corrected chi connectivity index (χ3v) is 6.29. The topological polar surface area (TPSA) is 79.0 Å². The second-order valence-corrected chi connectivity index (χ2v) is 9.39. The summed E-state index contributed by atoms with van der Waals surface area (Å²) in [7, 11) is 2.18. The highest BCUT2D eigenvalue weighted by molar-refractivity contribution is 7.10. The Bertz CT molecular complexity index is 920. The quantitative estimate of drug-likeness (QED) is 0.206. The lowest BCUT2D eigenvalue weighted by molar-refractivity contribution is 0.270. The summed E-state index contributed by atoms with van der Waals surface area (Å²) in [6.07, 6.45) is 9.52. The molecule has 178 valence electrons. The maximum absolute atomic E-state index is 9.41. The minimum atomic E-state index is 0.341. The number of hydrogen-bond acceptors (Lipinski definition) is 6. The number of aryl methyl sites for hydroxylation is 1. The Labute approximate surface area is 202 Å². The highest BCUT2D eigenvalue weighted by Gasteiger charge is 2.15. The molecule has 7 nitrogen and oxygen atoms in total. The molecular formula is C25H37N7S. The van der Waals surface area contributed by atoms with Crippen LogP contribution in [0.15, 0.2) is 51.3 Å². The maximum atomic E-state index is 9.41. The Balaban J connectivity index is 1.94. The molecule has 2 rings (SSSR count). The summed E-state index contributed by atoms with van der Waals surface area (Å²) in [5.74, 6) is 0.578. The van der Waals surface area contributed by atoms with Crippen LogP contribution < -0.4 is 10.6 Å². The van der Waals surface area contributed by atoms with Gasteiger partial charge in [-0.05, 0) is 59.0 Å². The lowest BCUT2D eigenvalue weighted by atomic mass is 10.0. The summed E-state index contributed by atoms with van der Waals surface area (Å²) >= 11 is 1.54. The molecule has 0 aromatic carbocycles. The SMILES string of the molecule is C=C/C=C(\C=C(/C)CN=C(NCN=C)Nc1csc(C)c1C#N)CCCCN1CCN(C)C1. The van der Waals surface area contributed by atoms with Gasteiger partial charge < -0.3 is 10.6 Å². The zero-order valence-corrected chi connectivity index (χ0v) is 21.0. The van der Waals surface area contributed by atoms with Gasteiger partial charge in [0.15, 0.2) is 5.96 Å². The van der Waals surface area contributed by atoms with Gasteiger partial charge in [-0.2, -0.15) is 5.26 Å². The van der Waals surface area contributed by atoms with Crippen molar-refractivity contribution < 1.29 is 0 Å². The van der Waals surface area contributed by atoms with Gasteiger partial charge in [0.05, 0.1) is 24.5 Å². The fraction of sp³-hybridized carbons (Fsp3) is 0.480. The van der Waals surface area contributed by atoms with E-state index in [1.54, 1.807) is 0 Å². The first kappa shape index (κ1) is 26.5. The van der Waals surface area contributed by atoms with Gasteiger partial charge in [0, 0.05) is 23.3 Å². The summed E-state index contributed by atoms with van der Waals surface area (Å²) in [6.45, 7) is 16.9. The summed E-state index contributed by atoms with van der Waals surface area (Å²) in [5.41, 5.74) is 3.82. The normalized spacial score (nSPS) is 16.0. The molecule has 8 heteroatoms. The van der Waals surface area contributed by atoms with Crippen molar-refractivity contribution in [1.82, 2.24) is 15.1 Å². The van der Waals surface area contributed by atoms with Crippen molar-refractivity contribution in [1.29, 1.82) is 5.26 Å². The molecule has 1 aliphatic rings. The van der Waals surface area contributed by atoms with Crippen LogP contribution in [0.5, 0.6) is 0 Å². The van der Waals surface area contributed by atoms with Crippen molar-refractivity contribution in [3.05, 3.63) is 51.8 Å². The van der Waals surface area contributed by atoms with E-state index in [0.29, 0.717) is 24.7 Å². The first-order valence-electron chi connectivity index (χ1n) is 11.3. The Hall–Kier alpha value is -2.73. The fourth-order valence-electron chi connectivity index (χ4n) is 3.65. The van der Waals surface area contributed by atoms with Crippen LogP contribution in [-0.4, -0.2) is 69.0 Å². The fourth-order valence-corrected chi connectivity index (χ4v) is 4.39. The molecule has 2 heterocycles. The first-order valence-corrected chi connectivity index (χ1v) is 12.2. The number of thiophene rings is 1. The number of aliphatic imine (C=N–C) groups is 2. The van der Waals surface area contributed by atoms with Gasteiger partial charge in [-0.25, -0.2) is 4.99 Å².